The van der Waals surface area contributed by atoms with Crippen molar-refractivity contribution in [3.8, 4) is 39.5 Å². The molecule has 4 aromatic heterocycles. The van der Waals surface area contributed by atoms with Gasteiger partial charge in [0.05, 0.1) is 23.1 Å². The predicted molar refractivity (Wildman–Crippen MR) is 151 cm³/mol. The lowest BCUT2D eigenvalue weighted by molar-refractivity contribution is 0.305. The maximum absolute atomic E-state index is 14.6. The minimum atomic E-state index is -0.307. The third-order valence-electron chi connectivity index (χ3n) is 6.79. The number of pyridine rings is 2. The van der Waals surface area contributed by atoms with Crippen LogP contribution in [0.4, 0.5) is 4.39 Å². The van der Waals surface area contributed by atoms with Crippen LogP contribution in [0.3, 0.4) is 0 Å². The Kier molecular flexibility index (Phi) is 5.59. The highest BCUT2D eigenvalue weighted by atomic mass is 19.1. The number of aromatic amines is 2. The molecule has 0 amide bonds. The summed E-state index contributed by atoms with van der Waals surface area (Å²) < 4.78 is 20.6. The molecule has 7 heteroatoms. The lowest BCUT2D eigenvalue weighted by Gasteiger charge is -2.08. The van der Waals surface area contributed by atoms with E-state index in [4.69, 9.17) is 4.74 Å². The molecule has 0 unspecified atom stereocenters. The second-order valence-electron chi connectivity index (χ2n) is 9.30. The summed E-state index contributed by atoms with van der Waals surface area (Å²) in [7, 11) is 0. The monoisotopic (exact) mass is 511 g/mol. The molecule has 7 aromatic rings. The quantitative estimate of drug-likeness (QED) is 0.242. The number of aromatic nitrogens is 5. The van der Waals surface area contributed by atoms with Gasteiger partial charge in [0.25, 0.3) is 0 Å². The molecule has 6 nitrogen and oxygen atoms in total. The summed E-state index contributed by atoms with van der Waals surface area (Å²) in [6.45, 7) is 0.473. The van der Waals surface area contributed by atoms with E-state index in [2.05, 4.69) is 31.2 Å². The average Bonchev–Trinajstić information content (AvgIpc) is 3.61. The summed E-state index contributed by atoms with van der Waals surface area (Å²) in [5, 5.41) is 9.52. The van der Waals surface area contributed by atoms with Crippen LogP contribution in [0.2, 0.25) is 0 Å². The second-order valence-corrected chi connectivity index (χ2v) is 9.30. The van der Waals surface area contributed by atoms with Crippen molar-refractivity contribution >= 4 is 21.8 Å². The van der Waals surface area contributed by atoms with E-state index in [0.29, 0.717) is 23.6 Å². The molecule has 0 aliphatic heterocycles. The first-order valence-corrected chi connectivity index (χ1v) is 12.6. The number of hydrogen-bond acceptors (Lipinski definition) is 4. The molecule has 0 fully saturated rings. The maximum Gasteiger partial charge on any atom is 0.138 e. The third kappa shape index (κ3) is 4.30. The van der Waals surface area contributed by atoms with Gasteiger partial charge in [0.1, 0.15) is 23.9 Å². The van der Waals surface area contributed by atoms with Gasteiger partial charge in [0, 0.05) is 39.8 Å². The molecule has 0 saturated heterocycles. The Hall–Kier alpha value is -5.30. The van der Waals surface area contributed by atoms with Crippen molar-refractivity contribution in [2.75, 3.05) is 0 Å². The van der Waals surface area contributed by atoms with Crippen molar-refractivity contribution in [2.45, 2.75) is 6.61 Å². The number of fused-ring (bicyclic) bond motifs is 2. The van der Waals surface area contributed by atoms with Crippen molar-refractivity contribution in [3.63, 3.8) is 0 Å². The van der Waals surface area contributed by atoms with Crippen LogP contribution in [0.15, 0.2) is 110 Å². The van der Waals surface area contributed by atoms with Crippen LogP contribution < -0.4 is 4.74 Å². The average molecular weight is 512 g/mol. The minimum absolute atomic E-state index is 0.307. The highest BCUT2D eigenvalue weighted by Crippen LogP contribution is 2.35. The zero-order valence-electron chi connectivity index (χ0n) is 20.7. The highest BCUT2D eigenvalue weighted by Gasteiger charge is 2.16. The highest BCUT2D eigenvalue weighted by molar-refractivity contribution is 6.00. The van der Waals surface area contributed by atoms with Crippen molar-refractivity contribution in [1.82, 2.24) is 25.1 Å². The number of hydrogen-bond donors (Lipinski definition) is 2. The number of ether oxygens (including phenoxy) is 1. The number of H-pyrrole nitrogens is 2. The number of nitrogens with one attached hydrogen (secondary N) is 2. The molecule has 2 N–H and O–H groups in total. The van der Waals surface area contributed by atoms with Crippen molar-refractivity contribution in [1.29, 1.82) is 0 Å². The first kappa shape index (κ1) is 22.9. The summed E-state index contributed by atoms with van der Waals surface area (Å²) in [5.41, 5.74) is 7.44. The third-order valence-corrected chi connectivity index (χ3v) is 6.79. The van der Waals surface area contributed by atoms with Gasteiger partial charge in [-0.3, -0.25) is 15.1 Å². The van der Waals surface area contributed by atoms with Crippen LogP contribution in [0, 0.1) is 5.82 Å². The number of benzene rings is 3. The molecular weight excluding hydrogens is 489 g/mol. The van der Waals surface area contributed by atoms with Gasteiger partial charge in [-0.25, -0.2) is 4.39 Å². The number of halogens is 1. The van der Waals surface area contributed by atoms with Gasteiger partial charge in [0.15, 0.2) is 0 Å². The predicted octanol–water partition coefficient (Wildman–Crippen LogP) is 7.55. The minimum Gasteiger partial charge on any atom is -0.487 e. The van der Waals surface area contributed by atoms with Crippen LogP contribution in [0.25, 0.3) is 55.6 Å². The first-order valence-electron chi connectivity index (χ1n) is 12.6. The Morgan fingerprint density at radius 3 is 2.49 bits per heavy atom. The number of nitrogens with zero attached hydrogens (tertiary/aromatic N) is 3. The van der Waals surface area contributed by atoms with Crippen LogP contribution >= 0.6 is 0 Å². The first-order chi connectivity index (χ1) is 19.2. The fraction of sp³-hybridized carbons (Fsp3) is 0.0312. The normalized spacial score (nSPS) is 11.3. The molecule has 0 saturated carbocycles. The van der Waals surface area contributed by atoms with Crippen molar-refractivity contribution < 1.29 is 9.13 Å². The van der Waals surface area contributed by atoms with E-state index in [9.17, 15) is 4.39 Å². The smallest absolute Gasteiger partial charge is 0.138 e. The Morgan fingerprint density at radius 2 is 1.59 bits per heavy atom. The summed E-state index contributed by atoms with van der Waals surface area (Å²) in [5.74, 6) is 0.395. The summed E-state index contributed by atoms with van der Waals surface area (Å²) >= 11 is 0. The summed E-state index contributed by atoms with van der Waals surface area (Å²) in [4.78, 5) is 12.3. The Balaban J connectivity index is 1.25. The lowest BCUT2D eigenvalue weighted by Crippen LogP contribution is -1.95. The standard InChI is InChI=1S/C32H22FN5O/c33-27-9-5-4-8-24(27)31-26-16-30(36-28(26)12-13-35-31)32-25-15-21(10-11-29(25)37-38-32)22-14-23(18-34-17-22)39-19-20-6-2-1-3-7-20/h1-18,36H,19H2,(H,37,38). The Morgan fingerprint density at radius 1 is 0.744 bits per heavy atom. The zero-order valence-corrected chi connectivity index (χ0v) is 20.7. The summed E-state index contributed by atoms with van der Waals surface area (Å²) in [6, 6.07) is 28.7. The van der Waals surface area contributed by atoms with Crippen molar-refractivity contribution in [3.05, 3.63) is 121 Å². The molecule has 0 aliphatic rings. The van der Waals surface area contributed by atoms with E-state index < -0.39 is 0 Å². The topological polar surface area (TPSA) is 79.5 Å². The zero-order chi connectivity index (χ0) is 26.2. The fourth-order valence-electron chi connectivity index (χ4n) is 4.84. The number of rotatable bonds is 6. The maximum atomic E-state index is 14.6. The Labute approximate surface area is 223 Å². The van der Waals surface area contributed by atoms with Crippen LogP contribution in [-0.4, -0.2) is 25.1 Å². The molecule has 0 spiro atoms. The van der Waals surface area contributed by atoms with E-state index >= 15 is 0 Å². The molecule has 0 atom stereocenters. The SMILES string of the molecule is Fc1ccccc1-c1nccc2[nH]c(-c3n[nH]c4ccc(-c5cncc(OCc6ccccc6)c5)cc34)cc12. The second kappa shape index (κ2) is 9.54. The van der Waals surface area contributed by atoms with Gasteiger partial charge in [-0.2, -0.15) is 5.10 Å². The van der Waals surface area contributed by atoms with Gasteiger partial charge in [-0.15, -0.1) is 0 Å². The molecule has 39 heavy (non-hydrogen) atoms. The van der Waals surface area contributed by atoms with E-state index in [1.165, 1.54) is 6.07 Å². The van der Waals surface area contributed by atoms with Crippen LogP contribution in [0.1, 0.15) is 5.56 Å². The van der Waals surface area contributed by atoms with Crippen molar-refractivity contribution in [2.24, 2.45) is 0 Å². The summed E-state index contributed by atoms with van der Waals surface area (Å²) in [6.07, 6.45) is 5.23. The van der Waals surface area contributed by atoms with Gasteiger partial charge in [0.2, 0.25) is 0 Å². The molecule has 0 bridgehead atoms. The van der Waals surface area contributed by atoms with Gasteiger partial charge < -0.3 is 9.72 Å². The van der Waals surface area contributed by atoms with Gasteiger partial charge >= 0.3 is 0 Å². The molecule has 0 radical (unpaired) electrons. The van der Waals surface area contributed by atoms with E-state index in [-0.39, 0.29) is 5.82 Å². The molecule has 7 rings (SSSR count). The van der Waals surface area contributed by atoms with Gasteiger partial charge in [-0.05, 0) is 53.6 Å². The van der Waals surface area contributed by atoms with E-state index in [1.54, 1.807) is 24.5 Å². The van der Waals surface area contributed by atoms with Gasteiger partial charge in [-0.1, -0.05) is 48.5 Å². The van der Waals surface area contributed by atoms with Crippen LogP contribution in [0.5, 0.6) is 5.75 Å². The van der Waals surface area contributed by atoms with E-state index in [0.717, 1.165) is 49.9 Å². The molecule has 4 heterocycles. The Bertz CT molecular complexity index is 1940. The lowest BCUT2D eigenvalue weighted by atomic mass is 10.0. The van der Waals surface area contributed by atoms with E-state index in [1.807, 2.05) is 72.9 Å². The molecule has 0 aliphatic carbocycles. The molecular formula is C32H22FN5O. The fourth-order valence-corrected chi connectivity index (χ4v) is 4.84. The molecule has 188 valence electrons. The largest absolute Gasteiger partial charge is 0.487 e. The van der Waals surface area contributed by atoms with Crippen LogP contribution in [-0.2, 0) is 6.61 Å². The molecule has 3 aromatic carbocycles.